The van der Waals surface area contributed by atoms with Gasteiger partial charge >= 0.3 is 5.69 Å². The van der Waals surface area contributed by atoms with Crippen LogP contribution in [-0.2, 0) is 0 Å². The number of anilines is 1. The van der Waals surface area contributed by atoms with E-state index < -0.39 is 4.92 Å². The molecule has 0 aromatic carbocycles. The van der Waals surface area contributed by atoms with Gasteiger partial charge in [0, 0.05) is 11.8 Å². The van der Waals surface area contributed by atoms with Crippen LogP contribution < -0.4 is 5.32 Å². The van der Waals surface area contributed by atoms with Gasteiger partial charge < -0.3 is 5.32 Å². The molecule has 2 N–H and O–H groups in total. The van der Waals surface area contributed by atoms with E-state index in [1.165, 1.54) is 6.20 Å². The fraction of sp³-hybridized carbons (Fsp3) is 0.333. The molecule has 0 bridgehead atoms. The van der Waals surface area contributed by atoms with E-state index in [2.05, 4.69) is 30.9 Å². The predicted molar refractivity (Wildman–Crippen MR) is 61.8 cm³/mol. The van der Waals surface area contributed by atoms with Crippen molar-refractivity contribution in [2.75, 3.05) is 5.32 Å². The van der Waals surface area contributed by atoms with Crippen molar-refractivity contribution in [3.8, 4) is 0 Å². The van der Waals surface area contributed by atoms with Crippen molar-refractivity contribution in [1.29, 1.82) is 0 Å². The van der Waals surface area contributed by atoms with E-state index in [4.69, 9.17) is 0 Å². The number of nitrogens with one attached hydrogen (secondary N) is 2. The Hall–Kier alpha value is -2.58. The van der Waals surface area contributed by atoms with Gasteiger partial charge in [-0.05, 0) is 19.9 Å². The summed E-state index contributed by atoms with van der Waals surface area (Å²) >= 11 is 0. The Kier molecular flexibility index (Phi) is 3.13. The Bertz CT molecular complexity index is 554. The number of aromatic amines is 1. The Morgan fingerprint density at radius 1 is 1.56 bits per heavy atom. The van der Waals surface area contributed by atoms with Crippen LogP contribution in [0.15, 0.2) is 12.3 Å². The minimum Gasteiger partial charge on any atom is -0.354 e. The zero-order chi connectivity index (χ0) is 13.1. The average Bonchev–Trinajstić information content (AvgIpc) is 2.81. The van der Waals surface area contributed by atoms with Crippen LogP contribution in [0, 0.1) is 17.0 Å². The number of rotatable bonds is 4. The Labute approximate surface area is 102 Å². The first-order chi connectivity index (χ1) is 8.59. The standard InChI is InChI=1S/C9H11N7O2/c1-5-3-4-10-9(7(5)16(17)18)11-6(2)8-12-14-15-13-8/h3-4,6H,1-2H3,(H,10,11)(H,12,13,14,15). The zero-order valence-electron chi connectivity index (χ0n) is 9.78. The predicted octanol–water partition coefficient (Wildman–Crippen LogP) is 0.984. The average molecular weight is 249 g/mol. The van der Waals surface area contributed by atoms with Crippen LogP contribution >= 0.6 is 0 Å². The molecular formula is C9H11N7O2. The molecule has 2 rings (SSSR count). The SMILES string of the molecule is Cc1ccnc(NC(C)c2nn[nH]n2)c1[N+](=O)[O-]. The van der Waals surface area contributed by atoms with Crippen LogP contribution in [0.2, 0.25) is 0 Å². The van der Waals surface area contributed by atoms with E-state index in [0.29, 0.717) is 11.4 Å². The third-order valence-corrected chi connectivity index (χ3v) is 2.41. The topological polar surface area (TPSA) is 123 Å². The van der Waals surface area contributed by atoms with Crippen molar-refractivity contribution >= 4 is 11.5 Å². The van der Waals surface area contributed by atoms with Crippen molar-refractivity contribution in [3.05, 3.63) is 33.8 Å². The molecule has 0 radical (unpaired) electrons. The molecular weight excluding hydrogens is 238 g/mol. The Morgan fingerprint density at radius 2 is 2.33 bits per heavy atom. The highest BCUT2D eigenvalue weighted by molar-refractivity contribution is 5.60. The van der Waals surface area contributed by atoms with E-state index in [1.54, 1.807) is 19.9 Å². The molecule has 94 valence electrons. The van der Waals surface area contributed by atoms with E-state index >= 15 is 0 Å². The second-order valence-corrected chi connectivity index (χ2v) is 3.72. The van der Waals surface area contributed by atoms with Crippen molar-refractivity contribution in [2.24, 2.45) is 0 Å². The van der Waals surface area contributed by atoms with Crippen LogP contribution in [0.5, 0.6) is 0 Å². The minimum absolute atomic E-state index is 0.0483. The van der Waals surface area contributed by atoms with Crippen LogP contribution in [0.4, 0.5) is 11.5 Å². The number of tetrazole rings is 1. The summed E-state index contributed by atoms with van der Waals surface area (Å²) in [7, 11) is 0. The van der Waals surface area contributed by atoms with Crippen molar-refractivity contribution in [3.63, 3.8) is 0 Å². The first-order valence-electron chi connectivity index (χ1n) is 5.19. The summed E-state index contributed by atoms with van der Waals surface area (Å²) in [6, 6.07) is 1.25. The molecule has 0 aliphatic heterocycles. The number of nitro groups is 1. The lowest BCUT2D eigenvalue weighted by Gasteiger charge is -2.11. The smallest absolute Gasteiger partial charge is 0.314 e. The molecule has 1 atom stereocenters. The molecule has 9 heteroatoms. The number of hydrogen-bond acceptors (Lipinski definition) is 7. The molecule has 9 nitrogen and oxygen atoms in total. The normalized spacial score (nSPS) is 12.1. The van der Waals surface area contributed by atoms with Crippen LogP contribution in [0.1, 0.15) is 24.4 Å². The molecule has 0 fully saturated rings. The van der Waals surface area contributed by atoms with E-state index in [-0.39, 0.29) is 17.5 Å². The molecule has 1 unspecified atom stereocenters. The fourth-order valence-electron chi connectivity index (χ4n) is 1.51. The van der Waals surface area contributed by atoms with Gasteiger partial charge in [0.15, 0.2) is 5.82 Å². The molecule has 18 heavy (non-hydrogen) atoms. The van der Waals surface area contributed by atoms with Crippen LogP contribution in [-0.4, -0.2) is 30.5 Å². The maximum atomic E-state index is 11.0. The molecule has 2 heterocycles. The van der Waals surface area contributed by atoms with Crippen molar-refractivity contribution in [2.45, 2.75) is 19.9 Å². The summed E-state index contributed by atoms with van der Waals surface area (Å²) in [6.45, 7) is 3.42. The molecule has 0 aliphatic rings. The van der Waals surface area contributed by atoms with Crippen molar-refractivity contribution in [1.82, 2.24) is 25.6 Å². The van der Waals surface area contributed by atoms with Gasteiger partial charge in [-0.1, -0.05) is 5.21 Å². The third-order valence-electron chi connectivity index (χ3n) is 2.41. The fourth-order valence-corrected chi connectivity index (χ4v) is 1.51. The number of pyridine rings is 1. The highest BCUT2D eigenvalue weighted by Gasteiger charge is 2.21. The Balaban J connectivity index is 2.29. The molecule has 0 spiro atoms. The number of hydrogen-bond donors (Lipinski definition) is 2. The number of aromatic nitrogens is 5. The molecule has 0 saturated heterocycles. The van der Waals surface area contributed by atoms with E-state index in [0.717, 1.165) is 0 Å². The highest BCUT2D eigenvalue weighted by Crippen LogP contribution is 2.27. The summed E-state index contributed by atoms with van der Waals surface area (Å²) in [4.78, 5) is 14.5. The lowest BCUT2D eigenvalue weighted by molar-refractivity contribution is -0.384. The van der Waals surface area contributed by atoms with Gasteiger partial charge in [-0.25, -0.2) is 4.98 Å². The lowest BCUT2D eigenvalue weighted by Crippen LogP contribution is -2.12. The summed E-state index contributed by atoms with van der Waals surface area (Å²) in [5.41, 5.74) is 0.491. The molecule has 2 aromatic rings. The summed E-state index contributed by atoms with van der Waals surface area (Å²) < 4.78 is 0. The number of nitrogens with zero attached hydrogens (tertiary/aromatic N) is 5. The van der Waals surface area contributed by atoms with Crippen LogP contribution in [0.25, 0.3) is 0 Å². The maximum Gasteiger partial charge on any atom is 0.314 e. The number of H-pyrrole nitrogens is 1. The second-order valence-electron chi connectivity index (χ2n) is 3.72. The quantitative estimate of drug-likeness (QED) is 0.611. The first-order valence-corrected chi connectivity index (χ1v) is 5.19. The molecule has 0 aliphatic carbocycles. The monoisotopic (exact) mass is 249 g/mol. The summed E-state index contributed by atoms with van der Waals surface area (Å²) in [6.07, 6.45) is 1.51. The summed E-state index contributed by atoms with van der Waals surface area (Å²) in [5.74, 6) is 0.602. The van der Waals surface area contributed by atoms with Crippen LogP contribution in [0.3, 0.4) is 0 Å². The third kappa shape index (κ3) is 2.24. The van der Waals surface area contributed by atoms with Gasteiger partial charge in [-0.3, -0.25) is 10.1 Å². The largest absolute Gasteiger partial charge is 0.354 e. The number of aryl methyl sites for hydroxylation is 1. The van der Waals surface area contributed by atoms with Gasteiger partial charge in [0.2, 0.25) is 5.82 Å². The van der Waals surface area contributed by atoms with E-state index in [1.807, 2.05) is 0 Å². The van der Waals surface area contributed by atoms with Gasteiger partial charge in [0.1, 0.15) is 0 Å². The van der Waals surface area contributed by atoms with Crippen molar-refractivity contribution < 1.29 is 4.92 Å². The van der Waals surface area contributed by atoms with Gasteiger partial charge in [-0.15, -0.1) is 10.2 Å². The minimum atomic E-state index is -0.465. The second kappa shape index (κ2) is 4.73. The highest BCUT2D eigenvalue weighted by atomic mass is 16.6. The Morgan fingerprint density at radius 3 is 2.94 bits per heavy atom. The molecule has 0 amide bonds. The summed E-state index contributed by atoms with van der Waals surface area (Å²) in [5, 5.41) is 27.2. The molecule has 2 aromatic heterocycles. The van der Waals surface area contributed by atoms with E-state index in [9.17, 15) is 10.1 Å². The van der Waals surface area contributed by atoms with Gasteiger partial charge in [0.05, 0.1) is 11.0 Å². The van der Waals surface area contributed by atoms with Gasteiger partial charge in [0.25, 0.3) is 0 Å². The van der Waals surface area contributed by atoms with Gasteiger partial charge in [-0.2, -0.15) is 5.21 Å². The first kappa shape index (κ1) is 11.9. The molecule has 0 saturated carbocycles. The maximum absolute atomic E-state index is 11.0. The zero-order valence-corrected chi connectivity index (χ0v) is 9.78. The lowest BCUT2D eigenvalue weighted by atomic mass is 10.2.